The maximum absolute atomic E-state index is 11.7. The molecule has 1 heterocycles. The van der Waals surface area contributed by atoms with Crippen molar-refractivity contribution in [3.63, 3.8) is 0 Å². The average Bonchev–Trinajstić information content (AvgIpc) is 2.50. The Morgan fingerprint density at radius 1 is 1.30 bits per heavy atom. The molecule has 0 amide bonds. The molecule has 1 unspecified atom stereocenters. The van der Waals surface area contributed by atoms with Crippen molar-refractivity contribution in [1.29, 1.82) is 0 Å². The SMILES string of the molecule is Cc1cccc(OCC(O)CNc2ncccc2S(C)(=O)=O)c1. The molecule has 0 fully saturated rings. The highest BCUT2D eigenvalue weighted by atomic mass is 32.2. The zero-order valence-electron chi connectivity index (χ0n) is 13.1. The molecule has 1 atom stereocenters. The summed E-state index contributed by atoms with van der Waals surface area (Å²) in [6, 6.07) is 10.5. The highest BCUT2D eigenvalue weighted by Gasteiger charge is 2.15. The number of nitrogens with one attached hydrogen (secondary N) is 1. The van der Waals surface area contributed by atoms with Crippen LogP contribution in [0.1, 0.15) is 5.56 Å². The Morgan fingerprint density at radius 2 is 2.09 bits per heavy atom. The fraction of sp³-hybridized carbons (Fsp3) is 0.312. The van der Waals surface area contributed by atoms with Crippen molar-refractivity contribution in [3.8, 4) is 5.75 Å². The number of hydrogen-bond donors (Lipinski definition) is 2. The van der Waals surface area contributed by atoms with Gasteiger partial charge in [-0.2, -0.15) is 0 Å². The minimum atomic E-state index is -3.38. The van der Waals surface area contributed by atoms with Crippen LogP contribution in [0.25, 0.3) is 0 Å². The number of ether oxygens (including phenoxy) is 1. The molecule has 124 valence electrons. The van der Waals surface area contributed by atoms with Crippen molar-refractivity contribution < 1.29 is 18.3 Å². The number of pyridine rings is 1. The molecule has 0 spiro atoms. The van der Waals surface area contributed by atoms with Gasteiger partial charge in [0, 0.05) is 19.0 Å². The summed E-state index contributed by atoms with van der Waals surface area (Å²) < 4.78 is 28.9. The van der Waals surface area contributed by atoms with E-state index in [-0.39, 0.29) is 23.9 Å². The second kappa shape index (κ2) is 7.43. The largest absolute Gasteiger partial charge is 0.491 e. The van der Waals surface area contributed by atoms with E-state index < -0.39 is 15.9 Å². The summed E-state index contributed by atoms with van der Waals surface area (Å²) in [7, 11) is -3.38. The number of aryl methyl sites for hydroxylation is 1. The van der Waals surface area contributed by atoms with Crippen LogP contribution in [0, 0.1) is 6.92 Å². The van der Waals surface area contributed by atoms with Crippen molar-refractivity contribution in [1.82, 2.24) is 4.98 Å². The third kappa shape index (κ3) is 5.22. The first kappa shape index (κ1) is 17.2. The van der Waals surface area contributed by atoms with Gasteiger partial charge in [-0.1, -0.05) is 12.1 Å². The molecule has 0 saturated heterocycles. The lowest BCUT2D eigenvalue weighted by Gasteiger charge is -2.15. The van der Waals surface area contributed by atoms with E-state index in [2.05, 4.69) is 10.3 Å². The van der Waals surface area contributed by atoms with Crippen LogP contribution < -0.4 is 10.1 Å². The van der Waals surface area contributed by atoms with Crippen molar-refractivity contribution >= 4 is 15.7 Å². The van der Waals surface area contributed by atoms with E-state index in [0.29, 0.717) is 5.75 Å². The summed E-state index contributed by atoms with van der Waals surface area (Å²) in [5, 5.41) is 12.8. The summed E-state index contributed by atoms with van der Waals surface area (Å²) in [6.07, 6.45) is 1.81. The lowest BCUT2D eigenvalue weighted by molar-refractivity contribution is 0.117. The van der Waals surface area contributed by atoms with Gasteiger partial charge in [-0.3, -0.25) is 0 Å². The van der Waals surface area contributed by atoms with Gasteiger partial charge in [0.05, 0.1) is 0 Å². The highest BCUT2D eigenvalue weighted by molar-refractivity contribution is 7.90. The monoisotopic (exact) mass is 336 g/mol. The topological polar surface area (TPSA) is 88.5 Å². The third-order valence-electron chi connectivity index (χ3n) is 3.11. The third-order valence-corrected chi connectivity index (χ3v) is 4.24. The molecular formula is C16H20N2O4S. The first-order valence-electron chi connectivity index (χ1n) is 7.13. The van der Waals surface area contributed by atoms with Gasteiger partial charge in [0.25, 0.3) is 0 Å². The van der Waals surface area contributed by atoms with Gasteiger partial charge in [0.15, 0.2) is 9.84 Å². The van der Waals surface area contributed by atoms with Crippen LogP contribution in [0.3, 0.4) is 0 Å². The number of hydrogen-bond acceptors (Lipinski definition) is 6. The highest BCUT2D eigenvalue weighted by Crippen LogP contribution is 2.17. The molecule has 6 nitrogen and oxygen atoms in total. The molecule has 0 saturated carbocycles. The van der Waals surface area contributed by atoms with Crippen molar-refractivity contribution in [2.24, 2.45) is 0 Å². The molecule has 1 aromatic heterocycles. The maximum atomic E-state index is 11.7. The Bertz CT molecular complexity index is 762. The predicted molar refractivity (Wildman–Crippen MR) is 88.5 cm³/mol. The van der Waals surface area contributed by atoms with Crippen molar-refractivity contribution in [2.75, 3.05) is 24.7 Å². The number of sulfone groups is 1. The van der Waals surface area contributed by atoms with Crippen LogP contribution in [0.2, 0.25) is 0 Å². The molecular weight excluding hydrogens is 316 g/mol. The molecule has 2 N–H and O–H groups in total. The normalized spacial score (nSPS) is 12.7. The zero-order chi connectivity index (χ0) is 16.9. The number of aliphatic hydroxyl groups is 1. The van der Waals surface area contributed by atoms with E-state index in [1.807, 2.05) is 31.2 Å². The van der Waals surface area contributed by atoms with Crippen LogP contribution in [-0.2, 0) is 9.84 Å². The molecule has 2 aromatic rings. The van der Waals surface area contributed by atoms with Gasteiger partial charge in [0.1, 0.15) is 29.2 Å². The zero-order valence-corrected chi connectivity index (χ0v) is 13.9. The summed E-state index contributed by atoms with van der Waals surface area (Å²) >= 11 is 0. The summed E-state index contributed by atoms with van der Waals surface area (Å²) in [4.78, 5) is 4.11. The smallest absolute Gasteiger partial charge is 0.179 e. The first-order chi connectivity index (χ1) is 10.9. The van der Waals surface area contributed by atoms with E-state index in [4.69, 9.17) is 4.74 Å². The molecule has 0 aliphatic heterocycles. The van der Waals surface area contributed by atoms with Crippen LogP contribution in [0.5, 0.6) is 5.75 Å². The first-order valence-corrected chi connectivity index (χ1v) is 9.02. The van der Waals surface area contributed by atoms with E-state index in [1.54, 1.807) is 6.07 Å². The van der Waals surface area contributed by atoms with Crippen LogP contribution in [0.15, 0.2) is 47.5 Å². The Labute approximate surface area is 136 Å². The van der Waals surface area contributed by atoms with Crippen molar-refractivity contribution in [3.05, 3.63) is 48.2 Å². The molecule has 1 aromatic carbocycles. The standard InChI is InChI=1S/C16H20N2O4S/c1-12-5-3-6-14(9-12)22-11-13(19)10-18-16-15(23(2,20)21)7-4-8-17-16/h3-9,13,19H,10-11H2,1-2H3,(H,17,18). The predicted octanol–water partition coefficient (Wildman–Crippen LogP) is 1.65. The molecule has 0 aliphatic carbocycles. The van der Waals surface area contributed by atoms with Crippen LogP contribution in [-0.4, -0.2) is 44.0 Å². The van der Waals surface area contributed by atoms with Gasteiger partial charge >= 0.3 is 0 Å². The number of aromatic nitrogens is 1. The molecule has 0 aliphatic rings. The van der Waals surface area contributed by atoms with Crippen LogP contribution in [0.4, 0.5) is 5.82 Å². The number of rotatable bonds is 7. The van der Waals surface area contributed by atoms with Crippen molar-refractivity contribution in [2.45, 2.75) is 17.9 Å². The minimum Gasteiger partial charge on any atom is -0.491 e. The molecule has 7 heteroatoms. The Hall–Kier alpha value is -2.12. The van der Waals surface area contributed by atoms with Crippen LogP contribution >= 0.6 is 0 Å². The number of anilines is 1. The van der Waals surface area contributed by atoms with Gasteiger partial charge in [-0.25, -0.2) is 13.4 Å². The lowest BCUT2D eigenvalue weighted by Crippen LogP contribution is -2.27. The van der Waals surface area contributed by atoms with E-state index in [1.165, 1.54) is 12.3 Å². The molecule has 0 radical (unpaired) electrons. The Kier molecular flexibility index (Phi) is 5.57. The molecule has 2 rings (SSSR count). The van der Waals surface area contributed by atoms with E-state index in [0.717, 1.165) is 11.8 Å². The van der Waals surface area contributed by atoms with E-state index >= 15 is 0 Å². The quantitative estimate of drug-likeness (QED) is 0.799. The van der Waals surface area contributed by atoms with Gasteiger partial charge in [-0.15, -0.1) is 0 Å². The second-order valence-corrected chi connectivity index (χ2v) is 7.27. The second-order valence-electron chi connectivity index (χ2n) is 5.28. The average molecular weight is 336 g/mol. The Balaban J connectivity index is 1.91. The van der Waals surface area contributed by atoms with E-state index in [9.17, 15) is 13.5 Å². The summed E-state index contributed by atoms with van der Waals surface area (Å²) in [5.74, 6) is 0.906. The summed E-state index contributed by atoms with van der Waals surface area (Å²) in [5.41, 5.74) is 1.07. The summed E-state index contributed by atoms with van der Waals surface area (Å²) in [6.45, 7) is 2.18. The molecule has 0 bridgehead atoms. The Morgan fingerprint density at radius 3 is 2.78 bits per heavy atom. The maximum Gasteiger partial charge on any atom is 0.179 e. The lowest BCUT2D eigenvalue weighted by atomic mass is 10.2. The molecule has 23 heavy (non-hydrogen) atoms. The van der Waals surface area contributed by atoms with Gasteiger partial charge in [-0.05, 0) is 36.8 Å². The number of nitrogens with zero attached hydrogens (tertiary/aromatic N) is 1. The fourth-order valence-corrected chi connectivity index (χ4v) is 2.80. The van der Waals surface area contributed by atoms with Gasteiger partial charge in [0.2, 0.25) is 0 Å². The van der Waals surface area contributed by atoms with Gasteiger partial charge < -0.3 is 15.2 Å². The number of benzene rings is 1. The minimum absolute atomic E-state index is 0.0947. The fourth-order valence-electron chi connectivity index (χ4n) is 1.99. The number of aliphatic hydroxyl groups excluding tert-OH is 1.